The van der Waals surface area contributed by atoms with Crippen molar-refractivity contribution in [2.75, 3.05) is 0 Å². The molecule has 8 heteroatoms. The monoisotopic (exact) mass is 391 g/mol. The normalized spacial score (nSPS) is 12.7. The minimum absolute atomic E-state index is 0.135. The summed E-state index contributed by atoms with van der Waals surface area (Å²) in [6.07, 6.45) is -4.65. The number of nitrogens with one attached hydrogen (secondary N) is 1. The largest absolute Gasteiger partial charge is 0.451 e. The number of alkyl halides is 3. The lowest BCUT2D eigenvalue weighted by Crippen LogP contribution is -2.30. The molecule has 0 aliphatic heterocycles. The zero-order valence-corrected chi connectivity index (χ0v) is 15.1. The van der Waals surface area contributed by atoms with Crippen LogP contribution in [0.4, 0.5) is 13.2 Å². The Morgan fingerprint density at radius 3 is 2.44 bits per heavy atom. The molecule has 1 heterocycles. The van der Waals surface area contributed by atoms with Crippen LogP contribution in [0.25, 0.3) is 10.9 Å². The molecule has 2 aromatic carbocycles. The number of carbonyl (C=O) groups excluding carboxylic acids is 1. The van der Waals surface area contributed by atoms with E-state index in [9.17, 15) is 18.0 Å². The van der Waals surface area contributed by atoms with Crippen LogP contribution in [0.15, 0.2) is 59.6 Å². The molecule has 0 aliphatic rings. The highest BCUT2D eigenvalue weighted by Crippen LogP contribution is 2.33. The van der Waals surface area contributed by atoms with Gasteiger partial charge in [-0.25, -0.2) is 9.97 Å². The van der Waals surface area contributed by atoms with E-state index >= 15 is 0 Å². The standard InChI is InChI=1S/C19H16F3N3OS/c1-12(16(26)23-11-13-7-3-2-4-8-13)27-17-14-9-5-6-10-15(14)24-18(25-17)19(20,21)22/h2-10,12H,11H2,1H3,(H,23,26). The van der Waals surface area contributed by atoms with Gasteiger partial charge in [-0.3, -0.25) is 4.79 Å². The Labute approximate surface area is 158 Å². The lowest BCUT2D eigenvalue weighted by atomic mass is 10.2. The van der Waals surface area contributed by atoms with E-state index in [0.29, 0.717) is 11.9 Å². The minimum atomic E-state index is -4.65. The highest BCUT2D eigenvalue weighted by Gasteiger charge is 2.35. The quantitative estimate of drug-likeness (QED) is 0.516. The fourth-order valence-electron chi connectivity index (χ4n) is 2.41. The topological polar surface area (TPSA) is 54.9 Å². The number of thioether (sulfide) groups is 1. The summed E-state index contributed by atoms with van der Waals surface area (Å²) in [5.41, 5.74) is 1.13. The van der Waals surface area contributed by atoms with Gasteiger partial charge in [-0.1, -0.05) is 60.3 Å². The van der Waals surface area contributed by atoms with Gasteiger partial charge in [-0.15, -0.1) is 0 Å². The molecule has 0 radical (unpaired) electrons. The Morgan fingerprint density at radius 1 is 1.07 bits per heavy atom. The van der Waals surface area contributed by atoms with E-state index < -0.39 is 17.3 Å². The van der Waals surface area contributed by atoms with Crippen LogP contribution in [0.3, 0.4) is 0 Å². The van der Waals surface area contributed by atoms with Crippen molar-refractivity contribution < 1.29 is 18.0 Å². The van der Waals surface area contributed by atoms with Crippen LogP contribution in [-0.4, -0.2) is 21.1 Å². The first-order valence-corrected chi connectivity index (χ1v) is 9.05. The van der Waals surface area contributed by atoms with Crippen LogP contribution in [0.1, 0.15) is 18.3 Å². The first-order valence-electron chi connectivity index (χ1n) is 8.17. The summed E-state index contributed by atoms with van der Waals surface area (Å²) >= 11 is 0.983. The highest BCUT2D eigenvalue weighted by molar-refractivity contribution is 8.00. The Morgan fingerprint density at radius 2 is 1.74 bits per heavy atom. The predicted molar refractivity (Wildman–Crippen MR) is 98.1 cm³/mol. The molecule has 0 saturated heterocycles. The molecule has 1 N–H and O–H groups in total. The molecule has 4 nitrogen and oxygen atoms in total. The average Bonchev–Trinajstić information content (AvgIpc) is 2.66. The first-order chi connectivity index (χ1) is 12.8. The zero-order chi connectivity index (χ0) is 19.4. The van der Waals surface area contributed by atoms with Crippen molar-refractivity contribution in [3.63, 3.8) is 0 Å². The second-order valence-corrected chi connectivity index (χ2v) is 7.16. The fourth-order valence-corrected chi connectivity index (χ4v) is 3.38. The zero-order valence-electron chi connectivity index (χ0n) is 14.3. The van der Waals surface area contributed by atoms with E-state index in [2.05, 4.69) is 15.3 Å². The molecule has 1 atom stereocenters. The summed E-state index contributed by atoms with van der Waals surface area (Å²) in [4.78, 5) is 19.6. The van der Waals surface area contributed by atoms with Crippen LogP contribution in [-0.2, 0) is 17.5 Å². The Bertz CT molecular complexity index is 948. The van der Waals surface area contributed by atoms with E-state index in [0.717, 1.165) is 17.3 Å². The van der Waals surface area contributed by atoms with E-state index in [1.807, 2.05) is 30.3 Å². The number of halogens is 3. The molecule has 0 spiro atoms. The molecule has 1 unspecified atom stereocenters. The first kappa shape index (κ1) is 19.2. The Hall–Kier alpha value is -2.61. The number of para-hydroxylation sites is 1. The van der Waals surface area contributed by atoms with Crippen molar-refractivity contribution in [1.82, 2.24) is 15.3 Å². The number of benzene rings is 2. The molecule has 140 valence electrons. The minimum Gasteiger partial charge on any atom is -0.351 e. The predicted octanol–water partition coefficient (Wildman–Crippen LogP) is 4.45. The van der Waals surface area contributed by atoms with Crippen molar-refractivity contribution in [3.05, 3.63) is 66.0 Å². The van der Waals surface area contributed by atoms with E-state index in [4.69, 9.17) is 0 Å². The molecule has 0 aliphatic carbocycles. The van der Waals surface area contributed by atoms with Gasteiger partial charge >= 0.3 is 6.18 Å². The Kier molecular flexibility index (Phi) is 5.65. The fraction of sp³-hybridized carbons (Fsp3) is 0.211. The third kappa shape index (κ3) is 4.77. The second kappa shape index (κ2) is 7.96. The van der Waals surface area contributed by atoms with Gasteiger partial charge in [0.05, 0.1) is 10.8 Å². The van der Waals surface area contributed by atoms with Gasteiger partial charge in [-0.05, 0) is 18.6 Å². The average molecular weight is 391 g/mol. The molecule has 1 aromatic heterocycles. The van der Waals surface area contributed by atoms with Gasteiger partial charge in [0, 0.05) is 11.9 Å². The van der Waals surface area contributed by atoms with Crippen LogP contribution >= 0.6 is 11.8 Å². The van der Waals surface area contributed by atoms with Gasteiger partial charge in [0.1, 0.15) is 5.03 Å². The summed E-state index contributed by atoms with van der Waals surface area (Å²) < 4.78 is 39.3. The summed E-state index contributed by atoms with van der Waals surface area (Å²) in [6, 6.07) is 15.8. The van der Waals surface area contributed by atoms with Crippen LogP contribution in [0.5, 0.6) is 0 Å². The Balaban J connectivity index is 1.79. The van der Waals surface area contributed by atoms with Crippen LogP contribution in [0.2, 0.25) is 0 Å². The number of hydrogen-bond donors (Lipinski definition) is 1. The molecule has 0 bridgehead atoms. The molecule has 0 saturated carbocycles. The van der Waals surface area contributed by atoms with Gasteiger partial charge in [-0.2, -0.15) is 13.2 Å². The number of carbonyl (C=O) groups is 1. The number of aromatic nitrogens is 2. The molecule has 1 amide bonds. The summed E-state index contributed by atoms with van der Waals surface area (Å²) in [5, 5.41) is 2.79. The lowest BCUT2D eigenvalue weighted by Gasteiger charge is -2.14. The van der Waals surface area contributed by atoms with Crippen LogP contribution < -0.4 is 5.32 Å². The van der Waals surface area contributed by atoms with Gasteiger partial charge in [0.15, 0.2) is 0 Å². The number of nitrogens with zero attached hydrogens (tertiary/aromatic N) is 2. The van der Waals surface area contributed by atoms with Crippen LogP contribution in [0, 0.1) is 0 Å². The lowest BCUT2D eigenvalue weighted by molar-refractivity contribution is -0.145. The van der Waals surface area contributed by atoms with Crippen molar-refractivity contribution in [1.29, 1.82) is 0 Å². The number of amides is 1. The van der Waals surface area contributed by atoms with Crippen molar-refractivity contribution in [3.8, 4) is 0 Å². The maximum absolute atomic E-state index is 13.1. The molecule has 3 aromatic rings. The number of hydrogen-bond acceptors (Lipinski definition) is 4. The summed E-state index contributed by atoms with van der Waals surface area (Å²) in [7, 11) is 0. The summed E-state index contributed by atoms with van der Waals surface area (Å²) in [5.74, 6) is -1.49. The number of fused-ring (bicyclic) bond motifs is 1. The van der Waals surface area contributed by atoms with E-state index in [-0.39, 0.29) is 16.4 Å². The van der Waals surface area contributed by atoms with Gasteiger partial charge < -0.3 is 5.32 Å². The van der Waals surface area contributed by atoms with E-state index in [1.165, 1.54) is 6.07 Å². The third-order valence-electron chi connectivity index (χ3n) is 3.79. The van der Waals surface area contributed by atoms with Crippen molar-refractivity contribution in [2.45, 2.75) is 29.9 Å². The molecule has 3 rings (SSSR count). The van der Waals surface area contributed by atoms with Gasteiger partial charge in [0.25, 0.3) is 0 Å². The molecular weight excluding hydrogens is 375 g/mol. The molecule has 27 heavy (non-hydrogen) atoms. The highest BCUT2D eigenvalue weighted by atomic mass is 32.2. The van der Waals surface area contributed by atoms with Crippen molar-refractivity contribution in [2.24, 2.45) is 0 Å². The van der Waals surface area contributed by atoms with E-state index in [1.54, 1.807) is 25.1 Å². The second-order valence-electron chi connectivity index (χ2n) is 5.83. The smallest absolute Gasteiger partial charge is 0.351 e. The van der Waals surface area contributed by atoms with Gasteiger partial charge in [0.2, 0.25) is 11.7 Å². The van der Waals surface area contributed by atoms with Crippen molar-refractivity contribution >= 4 is 28.6 Å². The maximum atomic E-state index is 13.1. The molecular formula is C19H16F3N3OS. The maximum Gasteiger partial charge on any atom is 0.451 e. The molecule has 0 fully saturated rings. The third-order valence-corrected chi connectivity index (χ3v) is 4.89. The summed E-state index contributed by atoms with van der Waals surface area (Å²) in [6.45, 7) is 1.98. The SMILES string of the molecule is CC(Sc1nc(C(F)(F)F)nc2ccccc12)C(=O)NCc1ccccc1. The number of rotatable bonds is 5.